The van der Waals surface area contributed by atoms with Gasteiger partial charge in [0.05, 0.1) is 0 Å². The summed E-state index contributed by atoms with van der Waals surface area (Å²) in [5.41, 5.74) is 0. The van der Waals surface area contributed by atoms with Crippen molar-refractivity contribution in [1.29, 1.82) is 0 Å². The van der Waals surface area contributed by atoms with Crippen molar-refractivity contribution < 1.29 is 9.53 Å². The van der Waals surface area contributed by atoms with Gasteiger partial charge in [-0.25, -0.2) is 0 Å². The predicted octanol–water partition coefficient (Wildman–Crippen LogP) is 1.98. The monoisotopic (exact) mass is 282 g/mol. The Labute approximate surface area is 118 Å². The maximum Gasteiger partial charge on any atom is 0.258 e. The van der Waals surface area contributed by atoms with Crippen LogP contribution in [0.2, 0.25) is 5.02 Å². The maximum atomic E-state index is 11.8. The van der Waals surface area contributed by atoms with Crippen molar-refractivity contribution in [2.24, 2.45) is 0 Å². The zero-order valence-electron chi connectivity index (χ0n) is 10.8. The van der Waals surface area contributed by atoms with E-state index >= 15 is 0 Å². The Kier molecular flexibility index (Phi) is 5.48. The minimum Gasteiger partial charge on any atom is -0.484 e. The molecule has 0 aromatic heterocycles. The van der Waals surface area contributed by atoms with Crippen LogP contribution in [0, 0.1) is 0 Å². The highest BCUT2D eigenvalue weighted by Crippen LogP contribution is 2.15. The van der Waals surface area contributed by atoms with Crippen LogP contribution in [-0.2, 0) is 4.79 Å². The normalized spacial score (nSPS) is 19.5. The zero-order chi connectivity index (χ0) is 13.5. The first-order valence-corrected chi connectivity index (χ1v) is 7.00. The molecule has 0 radical (unpaired) electrons. The van der Waals surface area contributed by atoms with E-state index < -0.39 is 0 Å². The van der Waals surface area contributed by atoms with E-state index in [1.54, 1.807) is 24.3 Å². The average Bonchev–Trinajstić information content (AvgIpc) is 2.67. The van der Waals surface area contributed by atoms with Crippen molar-refractivity contribution in [3.63, 3.8) is 0 Å². The fourth-order valence-electron chi connectivity index (χ4n) is 2.11. The van der Waals surface area contributed by atoms with Crippen molar-refractivity contribution in [2.75, 3.05) is 19.7 Å². The van der Waals surface area contributed by atoms with Crippen LogP contribution in [0.3, 0.4) is 0 Å². The smallest absolute Gasteiger partial charge is 0.258 e. The summed E-state index contributed by atoms with van der Waals surface area (Å²) in [5, 5.41) is 6.98. The standard InChI is InChI=1S/C14H19ClN2O2/c15-11-3-5-13(6-4-11)19-10-14(18)17-12-2-1-8-16-9-7-12/h3-6,12,16H,1-2,7-10H2,(H,17,18). The van der Waals surface area contributed by atoms with Crippen LogP contribution >= 0.6 is 11.6 Å². The SMILES string of the molecule is O=C(COc1ccc(Cl)cc1)NC1CCCNCC1. The molecular formula is C14H19ClN2O2. The molecule has 1 heterocycles. The number of halogens is 1. The van der Waals surface area contributed by atoms with Crippen LogP contribution in [0.5, 0.6) is 5.75 Å². The molecule has 2 N–H and O–H groups in total. The van der Waals surface area contributed by atoms with E-state index in [-0.39, 0.29) is 18.6 Å². The zero-order valence-corrected chi connectivity index (χ0v) is 11.6. The van der Waals surface area contributed by atoms with Crippen molar-refractivity contribution in [3.05, 3.63) is 29.3 Å². The molecule has 19 heavy (non-hydrogen) atoms. The Morgan fingerprint density at radius 3 is 2.89 bits per heavy atom. The van der Waals surface area contributed by atoms with Gasteiger partial charge in [0.2, 0.25) is 0 Å². The Morgan fingerprint density at radius 2 is 2.11 bits per heavy atom. The van der Waals surface area contributed by atoms with E-state index in [9.17, 15) is 4.79 Å². The lowest BCUT2D eigenvalue weighted by Gasteiger charge is -2.16. The summed E-state index contributed by atoms with van der Waals surface area (Å²) in [6, 6.07) is 7.25. The second kappa shape index (κ2) is 7.36. The molecule has 104 valence electrons. The highest BCUT2D eigenvalue weighted by molar-refractivity contribution is 6.30. The number of rotatable bonds is 4. The molecule has 1 saturated heterocycles. The summed E-state index contributed by atoms with van der Waals surface area (Å²) in [5.74, 6) is 0.587. The van der Waals surface area contributed by atoms with E-state index in [0.717, 1.165) is 32.4 Å². The number of hydrogen-bond donors (Lipinski definition) is 2. The first-order valence-electron chi connectivity index (χ1n) is 6.62. The molecule has 0 spiro atoms. The molecule has 4 nitrogen and oxygen atoms in total. The first-order chi connectivity index (χ1) is 9.24. The van der Waals surface area contributed by atoms with E-state index in [1.165, 1.54) is 0 Å². The van der Waals surface area contributed by atoms with Gasteiger partial charge in [0.25, 0.3) is 5.91 Å². The third-order valence-electron chi connectivity index (χ3n) is 3.12. The maximum absolute atomic E-state index is 11.8. The fraction of sp³-hybridized carbons (Fsp3) is 0.500. The van der Waals surface area contributed by atoms with Gasteiger partial charge in [0.15, 0.2) is 6.61 Å². The molecule has 1 aliphatic heterocycles. The summed E-state index contributed by atoms with van der Waals surface area (Å²) < 4.78 is 5.41. The molecule has 1 aromatic rings. The molecule has 2 rings (SSSR count). The van der Waals surface area contributed by atoms with Crippen molar-refractivity contribution in [2.45, 2.75) is 25.3 Å². The van der Waals surface area contributed by atoms with Gasteiger partial charge in [-0.1, -0.05) is 11.6 Å². The number of benzene rings is 1. The van der Waals surface area contributed by atoms with Crippen LogP contribution in [-0.4, -0.2) is 31.6 Å². The average molecular weight is 283 g/mol. The molecule has 0 aliphatic carbocycles. The molecule has 1 amide bonds. The van der Waals surface area contributed by atoms with Crippen LogP contribution in [0.15, 0.2) is 24.3 Å². The molecule has 1 unspecified atom stereocenters. The molecule has 1 atom stereocenters. The van der Waals surface area contributed by atoms with Gasteiger partial charge in [-0.15, -0.1) is 0 Å². The van der Waals surface area contributed by atoms with Crippen LogP contribution in [0.1, 0.15) is 19.3 Å². The Morgan fingerprint density at radius 1 is 1.32 bits per heavy atom. The first kappa shape index (κ1) is 14.2. The van der Waals surface area contributed by atoms with Gasteiger partial charge in [-0.2, -0.15) is 0 Å². The lowest BCUT2D eigenvalue weighted by Crippen LogP contribution is -2.38. The summed E-state index contributed by atoms with van der Waals surface area (Å²) in [6.07, 6.45) is 3.11. The third kappa shape index (κ3) is 5.09. The molecule has 1 aromatic carbocycles. The quantitative estimate of drug-likeness (QED) is 0.888. The van der Waals surface area contributed by atoms with Crippen molar-refractivity contribution in [1.82, 2.24) is 10.6 Å². The summed E-state index contributed by atoms with van der Waals surface area (Å²) in [6.45, 7) is 2.04. The minimum atomic E-state index is -0.0677. The molecule has 0 saturated carbocycles. The minimum absolute atomic E-state index is 0.0472. The molecule has 0 bridgehead atoms. The summed E-state index contributed by atoms with van der Waals surface area (Å²) >= 11 is 5.78. The number of amides is 1. The topological polar surface area (TPSA) is 50.4 Å². The second-order valence-corrected chi connectivity index (χ2v) is 5.12. The van der Waals surface area contributed by atoms with E-state index in [2.05, 4.69) is 10.6 Å². The van der Waals surface area contributed by atoms with Gasteiger partial charge in [-0.05, 0) is 56.6 Å². The molecular weight excluding hydrogens is 264 g/mol. The highest BCUT2D eigenvalue weighted by Gasteiger charge is 2.14. The third-order valence-corrected chi connectivity index (χ3v) is 3.38. The summed E-state index contributed by atoms with van der Waals surface area (Å²) in [4.78, 5) is 11.8. The van der Waals surface area contributed by atoms with Crippen molar-refractivity contribution >= 4 is 17.5 Å². The number of carbonyl (C=O) groups excluding carboxylic acids is 1. The van der Waals surface area contributed by atoms with Gasteiger partial charge in [0, 0.05) is 11.1 Å². The highest BCUT2D eigenvalue weighted by atomic mass is 35.5. The largest absolute Gasteiger partial charge is 0.484 e. The van der Waals surface area contributed by atoms with Gasteiger partial charge in [0.1, 0.15) is 5.75 Å². The van der Waals surface area contributed by atoms with Crippen LogP contribution in [0.4, 0.5) is 0 Å². The lowest BCUT2D eigenvalue weighted by molar-refractivity contribution is -0.123. The Balaban J connectivity index is 1.73. The van der Waals surface area contributed by atoms with E-state index in [0.29, 0.717) is 10.8 Å². The van der Waals surface area contributed by atoms with Crippen LogP contribution in [0.25, 0.3) is 0 Å². The molecule has 5 heteroatoms. The number of nitrogens with one attached hydrogen (secondary N) is 2. The predicted molar refractivity (Wildman–Crippen MR) is 75.6 cm³/mol. The summed E-state index contributed by atoms with van der Waals surface area (Å²) in [7, 11) is 0. The Hall–Kier alpha value is -1.26. The van der Waals surface area contributed by atoms with Crippen molar-refractivity contribution in [3.8, 4) is 5.75 Å². The number of carbonyl (C=O) groups is 1. The lowest BCUT2D eigenvalue weighted by atomic mass is 10.1. The van der Waals surface area contributed by atoms with E-state index in [1.807, 2.05) is 0 Å². The fourth-order valence-corrected chi connectivity index (χ4v) is 2.24. The molecule has 1 aliphatic rings. The Bertz CT molecular complexity index is 400. The second-order valence-electron chi connectivity index (χ2n) is 4.69. The van der Waals surface area contributed by atoms with E-state index in [4.69, 9.17) is 16.3 Å². The molecule has 1 fully saturated rings. The van der Waals surface area contributed by atoms with Gasteiger partial charge >= 0.3 is 0 Å². The van der Waals surface area contributed by atoms with Gasteiger partial charge in [-0.3, -0.25) is 4.79 Å². The van der Waals surface area contributed by atoms with Crippen LogP contribution < -0.4 is 15.4 Å². The number of ether oxygens (including phenoxy) is 1. The number of hydrogen-bond acceptors (Lipinski definition) is 3. The van der Waals surface area contributed by atoms with Gasteiger partial charge < -0.3 is 15.4 Å².